The van der Waals surface area contributed by atoms with Crippen LogP contribution in [0.2, 0.25) is 0 Å². The molecule has 6 heteroatoms. The second kappa shape index (κ2) is 4.73. The van der Waals surface area contributed by atoms with Crippen LogP contribution < -0.4 is 0 Å². The molecular weight excluding hydrogens is 232 g/mol. The summed E-state index contributed by atoms with van der Waals surface area (Å²) in [5.74, 6) is 0.399. The predicted molar refractivity (Wildman–Crippen MR) is 62.1 cm³/mol. The van der Waals surface area contributed by atoms with Gasteiger partial charge in [0, 0.05) is 23.6 Å². The van der Waals surface area contributed by atoms with Crippen LogP contribution >= 0.6 is 11.8 Å². The van der Waals surface area contributed by atoms with Gasteiger partial charge in [-0.3, -0.25) is 0 Å². The average Bonchev–Trinajstić information content (AvgIpc) is 2.26. The van der Waals surface area contributed by atoms with E-state index in [4.69, 9.17) is 5.26 Å². The Kier molecular flexibility index (Phi) is 4.04. The third-order valence-electron chi connectivity index (χ3n) is 2.44. The van der Waals surface area contributed by atoms with Gasteiger partial charge in [-0.15, -0.1) is 0 Å². The van der Waals surface area contributed by atoms with E-state index in [1.54, 1.807) is 17.8 Å². The van der Waals surface area contributed by atoms with Crippen molar-refractivity contribution in [2.45, 2.75) is 25.0 Å². The predicted octanol–water partition coefficient (Wildman–Crippen LogP) is 1.06. The van der Waals surface area contributed by atoms with Crippen LogP contribution in [0.5, 0.6) is 0 Å². The Morgan fingerprint density at radius 2 is 2.13 bits per heavy atom. The van der Waals surface area contributed by atoms with Crippen LogP contribution in [0.15, 0.2) is 0 Å². The maximum Gasteiger partial charge on any atom is 0.227 e. The number of hydrogen-bond donors (Lipinski definition) is 0. The molecule has 4 nitrogen and oxygen atoms in total. The highest BCUT2D eigenvalue weighted by molar-refractivity contribution is 8.00. The normalized spacial score (nSPS) is 23.0. The Morgan fingerprint density at radius 1 is 1.47 bits per heavy atom. The minimum Gasteiger partial charge on any atom is -0.211 e. The SMILES string of the molecule is CC1(C)CCN(S(=O)(=O)CC#N)CCS1. The van der Waals surface area contributed by atoms with Gasteiger partial charge in [0.15, 0.2) is 5.75 Å². The van der Waals surface area contributed by atoms with Crippen molar-refractivity contribution in [2.75, 3.05) is 24.6 Å². The van der Waals surface area contributed by atoms with Crippen LogP contribution in [0.4, 0.5) is 0 Å². The second-order valence-corrected chi connectivity index (χ2v) is 7.94. The first-order chi connectivity index (χ1) is 6.87. The van der Waals surface area contributed by atoms with Crippen molar-refractivity contribution in [2.24, 2.45) is 0 Å². The Morgan fingerprint density at radius 3 is 2.73 bits per heavy atom. The first-order valence-corrected chi connectivity index (χ1v) is 7.46. The highest BCUT2D eigenvalue weighted by atomic mass is 32.2. The molecule has 1 aliphatic rings. The number of nitrogens with zero attached hydrogens (tertiary/aromatic N) is 2. The first kappa shape index (κ1) is 12.8. The molecule has 0 aliphatic carbocycles. The van der Waals surface area contributed by atoms with Crippen LogP contribution in [0, 0.1) is 11.3 Å². The molecule has 0 bridgehead atoms. The zero-order chi connectivity index (χ0) is 11.5. The summed E-state index contributed by atoms with van der Waals surface area (Å²) in [5.41, 5.74) is 0. The lowest BCUT2D eigenvalue weighted by molar-refractivity contribution is 0.417. The van der Waals surface area contributed by atoms with Crippen LogP contribution in [0.25, 0.3) is 0 Å². The molecule has 0 N–H and O–H groups in total. The van der Waals surface area contributed by atoms with Crippen LogP contribution in [0.1, 0.15) is 20.3 Å². The van der Waals surface area contributed by atoms with Crippen molar-refractivity contribution in [3.63, 3.8) is 0 Å². The average molecular weight is 248 g/mol. The number of rotatable bonds is 2. The van der Waals surface area contributed by atoms with E-state index in [9.17, 15) is 8.42 Å². The molecule has 15 heavy (non-hydrogen) atoms. The minimum absolute atomic E-state index is 0.136. The van der Waals surface area contributed by atoms with Crippen LogP contribution in [-0.2, 0) is 10.0 Å². The Hall–Kier alpha value is -0.250. The van der Waals surface area contributed by atoms with Gasteiger partial charge in [0.1, 0.15) is 0 Å². The van der Waals surface area contributed by atoms with Crippen molar-refractivity contribution >= 4 is 21.8 Å². The third kappa shape index (κ3) is 3.67. The molecule has 1 saturated heterocycles. The van der Waals surface area contributed by atoms with E-state index in [1.165, 1.54) is 4.31 Å². The monoisotopic (exact) mass is 248 g/mol. The van der Waals surface area contributed by atoms with Gasteiger partial charge in [-0.2, -0.15) is 17.0 Å². The summed E-state index contributed by atoms with van der Waals surface area (Å²) < 4.78 is 24.9. The summed E-state index contributed by atoms with van der Waals surface area (Å²) in [6.07, 6.45) is 0.836. The van der Waals surface area contributed by atoms with E-state index >= 15 is 0 Å². The van der Waals surface area contributed by atoms with Gasteiger partial charge in [0.05, 0.1) is 6.07 Å². The molecule has 0 aromatic carbocycles. The van der Waals surface area contributed by atoms with Gasteiger partial charge < -0.3 is 0 Å². The molecule has 86 valence electrons. The summed E-state index contributed by atoms with van der Waals surface area (Å²) >= 11 is 1.79. The molecule has 0 aromatic heterocycles. The Balaban J connectivity index is 2.71. The number of nitriles is 1. The number of sulfonamides is 1. The Labute approximate surface area is 95.7 Å². The molecule has 1 rings (SSSR count). The largest absolute Gasteiger partial charge is 0.227 e. The topological polar surface area (TPSA) is 61.2 Å². The molecule has 0 amide bonds. The summed E-state index contributed by atoms with van der Waals surface area (Å²) in [5, 5.41) is 8.44. The van der Waals surface area contributed by atoms with E-state index < -0.39 is 15.8 Å². The molecule has 1 fully saturated rings. The fraction of sp³-hybridized carbons (Fsp3) is 0.889. The molecule has 0 atom stereocenters. The lowest BCUT2D eigenvalue weighted by Gasteiger charge is -2.21. The third-order valence-corrected chi connectivity index (χ3v) is 5.46. The lowest BCUT2D eigenvalue weighted by atomic mass is 10.1. The van der Waals surface area contributed by atoms with E-state index in [-0.39, 0.29) is 4.75 Å². The molecule has 1 aliphatic heterocycles. The number of hydrogen-bond acceptors (Lipinski definition) is 4. The van der Waals surface area contributed by atoms with Gasteiger partial charge in [-0.25, -0.2) is 12.7 Å². The quantitative estimate of drug-likeness (QED) is 0.733. The van der Waals surface area contributed by atoms with E-state index in [0.29, 0.717) is 13.1 Å². The standard InChI is InChI=1S/C9H16N2O2S2/c1-9(2)3-5-11(6-7-14-9)15(12,13)8-4-10/h3,5-8H2,1-2H3. The smallest absolute Gasteiger partial charge is 0.211 e. The van der Waals surface area contributed by atoms with Crippen molar-refractivity contribution in [3.8, 4) is 6.07 Å². The fourth-order valence-electron chi connectivity index (χ4n) is 1.45. The maximum absolute atomic E-state index is 11.6. The molecule has 0 saturated carbocycles. The summed E-state index contributed by atoms with van der Waals surface area (Å²) in [7, 11) is -3.35. The van der Waals surface area contributed by atoms with Gasteiger partial charge in [0.25, 0.3) is 0 Å². The van der Waals surface area contributed by atoms with Crippen molar-refractivity contribution < 1.29 is 8.42 Å². The van der Waals surface area contributed by atoms with Gasteiger partial charge in [-0.1, -0.05) is 13.8 Å². The maximum atomic E-state index is 11.6. The Bertz CT molecular complexity index is 357. The molecule has 0 unspecified atom stereocenters. The summed E-state index contributed by atoms with van der Waals surface area (Å²) in [6, 6.07) is 1.71. The van der Waals surface area contributed by atoms with Crippen molar-refractivity contribution in [1.29, 1.82) is 5.26 Å². The number of thioether (sulfide) groups is 1. The van der Waals surface area contributed by atoms with E-state index in [2.05, 4.69) is 13.8 Å². The summed E-state index contributed by atoms with van der Waals surface area (Å²) in [4.78, 5) is 0. The molecule has 1 heterocycles. The van der Waals surface area contributed by atoms with E-state index in [1.807, 2.05) is 0 Å². The zero-order valence-electron chi connectivity index (χ0n) is 9.06. The van der Waals surface area contributed by atoms with Crippen LogP contribution in [-0.4, -0.2) is 42.1 Å². The van der Waals surface area contributed by atoms with Gasteiger partial charge >= 0.3 is 0 Å². The van der Waals surface area contributed by atoms with Crippen molar-refractivity contribution in [1.82, 2.24) is 4.31 Å². The minimum atomic E-state index is -3.35. The highest BCUT2D eigenvalue weighted by Gasteiger charge is 2.29. The zero-order valence-corrected chi connectivity index (χ0v) is 10.7. The first-order valence-electron chi connectivity index (χ1n) is 4.86. The summed E-state index contributed by atoms with van der Waals surface area (Å²) in [6.45, 7) is 5.30. The van der Waals surface area contributed by atoms with Gasteiger partial charge in [-0.05, 0) is 6.42 Å². The molecule has 0 aromatic rings. The van der Waals surface area contributed by atoms with Crippen molar-refractivity contribution in [3.05, 3.63) is 0 Å². The molecule has 0 radical (unpaired) electrons. The van der Waals surface area contributed by atoms with Crippen LogP contribution in [0.3, 0.4) is 0 Å². The highest BCUT2D eigenvalue weighted by Crippen LogP contribution is 2.31. The van der Waals surface area contributed by atoms with Gasteiger partial charge in [0.2, 0.25) is 10.0 Å². The molecular formula is C9H16N2O2S2. The second-order valence-electron chi connectivity index (χ2n) is 4.17. The lowest BCUT2D eigenvalue weighted by Crippen LogP contribution is -2.35. The fourth-order valence-corrected chi connectivity index (χ4v) is 3.75. The van der Waals surface area contributed by atoms with E-state index in [0.717, 1.165) is 12.2 Å². The molecule has 0 spiro atoms.